The maximum Gasteiger partial charge on any atom is 0.517 e. The molecule has 0 spiro atoms. The predicted molar refractivity (Wildman–Crippen MR) is 47.7 cm³/mol. The molecule has 0 bridgehead atoms. The highest BCUT2D eigenvalue weighted by Crippen LogP contribution is 2.44. The minimum Gasteiger partial charge on any atom is -0.381 e. The van der Waals surface area contributed by atoms with Crippen molar-refractivity contribution in [2.75, 3.05) is 6.54 Å². The Balaban J connectivity index is 1.99. The normalized spacial score (nSPS) is 24.1. The van der Waals surface area contributed by atoms with E-state index < -0.39 is 24.0 Å². The summed E-state index contributed by atoms with van der Waals surface area (Å²) in [6.45, 7) is 0.488. The fraction of sp³-hybridized carbons (Fsp3) is 0.750. The van der Waals surface area contributed by atoms with Crippen LogP contribution in [0.25, 0.3) is 0 Å². The van der Waals surface area contributed by atoms with Gasteiger partial charge in [0.1, 0.15) is 0 Å². The van der Waals surface area contributed by atoms with Gasteiger partial charge in [0, 0.05) is 6.42 Å². The first-order chi connectivity index (χ1) is 7.51. The summed E-state index contributed by atoms with van der Waals surface area (Å²) >= 11 is 0. The largest absolute Gasteiger partial charge is 0.517 e. The van der Waals surface area contributed by atoms with E-state index in [1.54, 1.807) is 0 Å². The Morgan fingerprint density at radius 3 is 2.00 bits per heavy atom. The van der Waals surface area contributed by atoms with Crippen molar-refractivity contribution in [1.82, 2.24) is 0 Å². The lowest BCUT2D eigenvalue weighted by Gasteiger charge is -2.50. The third kappa shape index (κ3) is 1.46. The van der Waals surface area contributed by atoms with Crippen LogP contribution in [0.1, 0.15) is 19.3 Å². The van der Waals surface area contributed by atoms with E-state index in [0.717, 1.165) is 0 Å². The summed E-state index contributed by atoms with van der Waals surface area (Å²) in [6.07, 6.45) is -0.243. The van der Waals surface area contributed by atoms with E-state index in [-0.39, 0.29) is 6.42 Å². The third-order valence-electron chi connectivity index (χ3n) is 2.46. The molecule has 2 aliphatic heterocycles. The lowest BCUT2D eigenvalue weighted by Crippen LogP contribution is -2.77. The van der Waals surface area contributed by atoms with Crippen LogP contribution in [0.4, 0.5) is 9.59 Å². The fourth-order valence-corrected chi connectivity index (χ4v) is 1.61. The van der Waals surface area contributed by atoms with Crippen LogP contribution in [-0.4, -0.2) is 30.6 Å². The van der Waals surface area contributed by atoms with E-state index in [0.29, 0.717) is 19.4 Å². The topological polar surface area (TPSA) is 123 Å². The zero-order valence-electron chi connectivity index (χ0n) is 8.43. The first-order valence-electron chi connectivity index (χ1n) is 4.84. The molecule has 0 aliphatic carbocycles. The standard InChI is InChI=1S/C8H12N2O6/c9-4-2-1-3-7(13-5(11)14-7)8(10)15-6(12)16-8/h1-4,9-10H2. The van der Waals surface area contributed by atoms with Crippen LogP contribution < -0.4 is 11.5 Å². The van der Waals surface area contributed by atoms with Gasteiger partial charge in [0.15, 0.2) is 0 Å². The summed E-state index contributed by atoms with van der Waals surface area (Å²) in [5.41, 5.74) is 10.9. The van der Waals surface area contributed by atoms with Crippen molar-refractivity contribution in [3.63, 3.8) is 0 Å². The molecule has 2 fully saturated rings. The van der Waals surface area contributed by atoms with Gasteiger partial charge in [-0.3, -0.25) is 5.73 Å². The van der Waals surface area contributed by atoms with Crippen molar-refractivity contribution < 1.29 is 28.5 Å². The number of hydrogen-bond acceptors (Lipinski definition) is 8. The molecule has 2 aliphatic rings. The summed E-state index contributed by atoms with van der Waals surface area (Å²) in [7, 11) is 0. The highest BCUT2D eigenvalue weighted by molar-refractivity contribution is 5.70. The van der Waals surface area contributed by atoms with Crippen molar-refractivity contribution in [3.8, 4) is 0 Å². The number of cyclic esters (lactones) is 4. The van der Waals surface area contributed by atoms with E-state index in [4.69, 9.17) is 20.9 Å². The average molecular weight is 232 g/mol. The van der Waals surface area contributed by atoms with Crippen LogP contribution in [0.2, 0.25) is 0 Å². The molecule has 0 atom stereocenters. The molecular formula is C8H12N2O6. The van der Waals surface area contributed by atoms with Gasteiger partial charge in [0.05, 0.1) is 0 Å². The second-order valence-electron chi connectivity index (χ2n) is 3.57. The minimum absolute atomic E-state index is 0.250. The van der Waals surface area contributed by atoms with Crippen molar-refractivity contribution in [1.29, 1.82) is 0 Å². The van der Waals surface area contributed by atoms with Crippen LogP contribution in [0.5, 0.6) is 0 Å². The molecule has 8 heteroatoms. The molecule has 0 amide bonds. The Morgan fingerprint density at radius 2 is 1.56 bits per heavy atom. The van der Waals surface area contributed by atoms with Gasteiger partial charge < -0.3 is 24.7 Å². The Labute approximate surface area is 90.7 Å². The zero-order valence-corrected chi connectivity index (χ0v) is 8.43. The van der Waals surface area contributed by atoms with E-state index >= 15 is 0 Å². The summed E-state index contributed by atoms with van der Waals surface area (Å²) in [5, 5.41) is 0. The van der Waals surface area contributed by atoms with Crippen molar-refractivity contribution >= 4 is 12.3 Å². The number of ether oxygens (including phenoxy) is 4. The smallest absolute Gasteiger partial charge is 0.381 e. The Morgan fingerprint density at radius 1 is 1.00 bits per heavy atom. The molecule has 0 radical (unpaired) electrons. The van der Waals surface area contributed by atoms with Crippen LogP contribution >= 0.6 is 0 Å². The summed E-state index contributed by atoms with van der Waals surface area (Å²) in [4.78, 5) is 21.3. The quantitative estimate of drug-likeness (QED) is 0.491. The second kappa shape index (κ2) is 3.49. The highest BCUT2D eigenvalue weighted by atomic mass is 17.0. The van der Waals surface area contributed by atoms with Crippen molar-refractivity contribution in [2.45, 2.75) is 31.0 Å². The Kier molecular flexibility index (Phi) is 2.39. The van der Waals surface area contributed by atoms with Crippen LogP contribution in [0, 0.1) is 0 Å². The molecule has 2 heterocycles. The van der Waals surface area contributed by atoms with Gasteiger partial charge in [-0.1, -0.05) is 0 Å². The van der Waals surface area contributed by atoms with Gasteiger partial charge in [-0.05, 0) is 19.4 Å². The molecule has 0 unspecified atom stereocenters. The van der Waals surface area contributed by atoms with Gasteiger partial charge >= 0.3 is 24.0 Å². The zero-order chi connectivity index (χ0) is 11.8. The maximum absolute atomic E-state index is 10.7. The van der Waals surface area contributed by atoms with Gasteiger partial charge in [-0.15, -0.1) is 0 Å². The Hall–Kier alpha value is -1.54. The van der Waals surface area contributed by atoms with Gasteiger partial charge in [0.25, 0.3) is 0 Å². The monoisotopic (exact) mass is 232 g/mol. The second-order valence-corrected chi connectivity index (χ2v) is 3.57. The molecule has 4 N–H and O–H groups in total. The molecule has 0 aromatic heterocycles. The molecule has 2 rings (SSSR count). The summed E-state index contributed by atoms with van der Waals surface area (Å²) in [5.74, 6) is -3.38. The molecule has 0 saturated carbocycles. The molecular weight excluding hydrogens is 220 g/mol. The highest BCUT2D eigenvalue weighted by Gasteiger charge is 2.72. The number of hydrogen-bond donors (Lipinski definition) is 2. The Bertz CT molecular complexity index is 314. The van der Waals surface area contributed by atoms with Crippen LogP contribution in [0.3, 0.4) is 0 Å². The molecule has 0 aromatic carbocycles. The number of nitrogens with two attached hydrogens (primary N) is 2. The van der Waals surface area contributed by atoms with E-state index in [1.807, 2.05) is 0 Å². The SMILES string of the molecule is NCCCCC1(C2(N)OC(=O)O2)OC(=O)O1. The molecule has 0 aromatic rings. The molecule has 90 valence electrons. The third-order valence-corrected chi connectivity index (χ3v) is 2.46. The van der Waals surface area contributed by atoms with Gasteiger partial charge in [-0.2, -0.15) is 0 Å². The predicted octanol–water partition coefficient (Wildman–Crippen LogP) is -0.242. The number of unbranched alkanes of at least 4 members (excludes halogenated alkanes) is 1. The van der Waals surface area contributed by atoms with E-state index in [1.165, 1.54) is 0 Å². The van der Waals surface area contributed by atoms with E-state index in [9.17, 15) is 9.59 Å². The minimum atomic E-state index is -1.84. The van der Waals surface area contributed by atoms with Crippen LogP contribution in [-0.2, 0) is 18.9 Å². The fourth-order valence-electron chi connectivity index (χ4n) is 1.61. The lowest BCUT2D eigenvalue weighted by molar-refractivity contribution is -0.441. The molecule has 2 saturated heterocycles. The number of carbonyl (C=O) groups excluding carboxylic acids is 2. The van der Waals surface area contributed by atoms with E-state index in [2.05, 4.69) is 9.47 Å². The number of carbonyl (C=O) groups is 2. The van der Waals surface area contributed by atoms with Crippen LogP contribution in [0.15, 0.2) is 0 Å². The molecule has 8 nitrogen and oxygen atoms in total. The lowest BCUT2D eigenvalue weighted by atomic mass is 10.0. The number of rotatable bonds is 5. The molecule has 16 heavy (non-hydrogen) atoms. The van der Waals surface area contributed by atoms with Gasteiger partial charge in [-0.25, -0.2) is 9.59 Å². The van der Waals surface area contributed by atoms with Crippen molar-refractivity contribution in [2.24, 2.45) is 11.5 Å². The maximum atomic E-state index is 10.7. The van der Waals surface area contributed by atoms with Crippen molar-refractivity contribution in [3.05, 3.63) is 0 Å². The average Bonchev–Trinajstić information content (AvgIpc) is 2.12. The summed E-state index contributed by atoms with van der Waals surface area (Å²) in [6, 6.07) is 0. The first-order valence-corrected chi connectivity index (χ1v) is 4.84. The summed E-state index contributed by atoms with van der Waals surface area (Å²) < 4.78 is 18.8. The first kappa shape index (κ1) is 11.0. The van der Waals surface area contributed by atoms with Gasteiger partial charge in [0.2, 0.25) is 0 Å².